The van der Waals surface area contributed by atoms with Gasteiger partial charge in [-0.2, -0.15) is 0 Å². The summed E-state index contributed by atoms with van der Waals surface area (Å²) in [5.41, 5.74) is 4.74. The van der Waals surface area contributed by atoms with Crippen molar-refractivity contribution in [2.75, 3.05) is 0 Å². The Bertz CT molecular complexity index is 225. The summed E-state index contributed by atoms with van der Waals surface area (Å²) in [6.45, 7) is 0. The van der Waals surface area contributed by atoms with E-state index in [1.54, 1.807) is 0 Å². The van der Waals surface area contributed by atoms with Crippen molar-refractivity contribution in [3.05, 3.63) is 0 Å². The normalized spacial score (nSPS) is 23.1. The van der Waals surface area contributed by atoms with Crippen LogP contribution >= 0.6 is 0 Å². The molecule has 1 heterocycles. The first-order valence-electron chi connectivity index (χ1n) is 2.99. The van der Waals surface area contributed by atoms with Gasteiger partial charge in [0, 0.05) is 0 Å². The zero-order chi connectivity index (χ0) is 8.43. The van der Waals surface area contributed by atoms with Gasteiger partial charge in [0.15, 0.2) is 0 Å². The van der Waals surface area contributed by atoms with Gasteiger partial charge >= 0.3 is 6.03 Å². The Labute approximate surface area is 62.1 Å². The van der Waals surface area contributed by atoms with Crippen LogP contribution in [0.3, 0.4) is 0 Å². The van der Waals surface area contributed by atoms with E-state index in [0.29, 0.717) is 0 Å². The fourth-order valence-electron chi connectivity index (χ4n) is 0.842. The van der Waals surface area contributed by atoms with Crippen LogP contribution in [0.5, 0.6) is 0 Å². The van der Waals surface area contributed by atoms with Crippen molar-refractivity contribution in [1.82, 2.24) is 10.6 Å². The Hall–Kier alpha value is -1.59. The quantitative estimate of drug-likeness (QED) is 0.386. The maximum Gasteiger partial charge on any atom is 0.312 e. The van der Waals surface area contributed by atoms with Crippen LogP contribution in [0, 0.1) is 0 Å². The SMILES string of the molecule is NC(=O)NC1CC(=O)NC1=O. The lowest BCUT2D eigenvalue weighted by atomic mass is 10.2. The molecule has 1 aliphatic heterocycles. The van der Waals surface area contributed by atoms with Crippen molar-refractivity contribution in [2.45, 2.75) is 12.5 Å². The van der Waals surface area contributed by atoms with E-state index in [-0.39, 0.29) is 6.42 Å². The van der Waals surface area contributed by atoms with Crippen LogP contribution < -0.4 is 16.4 Å². The molecule has 11 heavy (non-hydrogen) atoms. The van der Waals surface area contributed by atoms with E-state index in [0.717, 1.165) is 0 Å². The van der Waals surface area contributed by atoms with E-state index >= 15 is 0 Å². The highest BCUT2D eigenvalue weighted by atomic mass is 16.2. The minimum absolute atomic E-state index is 0.0260. The summed E-state index contributed by atoms with van der Waals surface area (Å²) < 4.78 is 0. The van der Waals surface area contributed by atoms with Gasteiger partial charge in [-0.15, -0.1) is 0 Å². The van der Waals surface area contributed by atoms with E-state index < -0.39 is 23.9 Å². The maximum atomic E-state index is 10.7. The first-order valence-corrected chi connectivity index (χ1v) is 2.99. The van der Waals surface area contributed by atoms with Gasteiger partial charge in [0.1, 0.15) is 6.04 Å². The highest BCUT2D eigenvalue weighted by molar-refractivity contribution is 6.06. The van der Waals surface area contributed by atoms with Crippen molar-refractivity contribution >= 4 is 17.8 Å². The number of nitrogens with two attached hydrogens (primary N) is 1. The van der Waals surface area contributed by atoms with Crippen LogP contribution in [-0.4, -0.2) is 23.9 Å². The predicted molar refractivity (Wildman–Crippen MR) is 34.3 cm³/mol. The van der Waals surface area contributed by atoms with E-state index in [1.807, 2.05) is 5.32 Å². The summed E-state index contributed by atoms with van der Waals surface area (Å²) in [7, 11) is 0. The lowest BCUT2D eigenvalue weighted by Crippen LogP contribution is -2.42. The number of amides is 4. The van der Waals surface area contributed by atoms with Crippen molar-refractivity contribution in [2.24, 2.45) is 5.73 Å². The number of nitrogens with one attached hydrogen (secondary N) is 2. The third-order valence-electron chi connectivity index (χ3n) is 1.29. The van der Waals surface area contributed by atoms with Crippen LogP contribution in [0.2, 0.25) is 0 Å². The average Bonchev–Trinajstić information content (AvgIpc) is 2.09. The van der Waals surface area contributed by atoms with E-state index in [9.17, 15) is 14.4 Å². The molecule has 0 saturated carbocycles. The van der Waals surface area contributed by atoms with Gasteiger partial charge in [0.2, 0.25) is 11.8 Å². The highest BCUT2D eigenvalue weighted by Crippen LogP contribution is 1.99. The number of carbonyl (C=O) groups excluding carboxylic acids is 3. The Balaban J connectivity index is 2.53. The Morgan fingerprint density at radius 2 is 2.27 bits per heavy atom. The van der Waals surface area contributed by atoms with Crippen LogP contribution in [0.1, 0.15) is 6.42 Å². The summed E-state index contributed by atoms with van der Waals surface area (Å²) in [6.07, 6.45) is -0.0260. The minimum atomic E-state index is -0.806. The first-order chi connectivity index (χ1) is 5.09. The smallest absolute Gasteiger partial charge is 0.312 e. The molecule has 0 radical (unpaired) electrons. The number of hydrogen-bond acceptors (Lipinski definition) is 3. The number of imide groups is 1. The van der Waals surface area contributed by atoms with E-state index in [4.69, 9.17) is 5.73 Å². The summed E-state index contributed by atoms with van der Waals surface area (Å²) in [5, 5.41) is 4.15. The first kappa shape index (κ1) is 7.52. The summed E-state index contributed by atoms with van der Waals surface area (Å²) in [5.74, 6) is -0.900. The molecule has 0 aromatic heterocycles. The van der Waals surface area contributed by atoms with Gasteiger partial charge in [-0.05, 0) is 0 Å². The highest BCUT2D eigenvalue weighted by Gasteiger charge is 2.30. The second-order valence-corrected chi connectivity index (χ2v) is 2.18. The minimum Gasteiger partial charge on any atom is -0.352 e. The zero-order valence-electron chi connectivity index (χ0n) is 5.59. The van der Waals surface area contributed by atoms with E-state index in [2.05, 4.69) is 5.32 Å². The molecule has 60 valence electrons. The topological polar surface area (TPSA) is 101 Å². The number of primary amides is 1. The summed E-state index contributed by atoms with van der Waals surface area (Å²) in [4.78, 5) is 31.5. The van der Waals surface area contributed by atoms with Crippen LogP contribution in [0.15, 0.2) is 0 Å². The molecule has 1 rings (SSSR count). The van der Waals surface area contributed by atoms with Gasteiger partial charge < -0.3 is 11.1 Å². The molecule has 0 aliphatic carbocycles. The van der Waals surface area contributed by atoms with Gasteiger partial charge in [0.25, 0.3) is 0 Å². The Morgan fingerprint density at radius 3 is 2.64 bits per heavy atom. The number of urea groups is 1. The predicted octanol–water partition coefficient (Wildman–Crippen LogP) is -1.93. The van der Waals surface area contributed by atoms with Gasteiger partial charge in [-0.3, -0.25) is 14.9 Å². The van der Waals surface area contributed by atoms with E-state index in [1.165, 1.54) is 0 Å². The molecule has 1 aliphatic rings. The standard InChI is InChI=1S/C5H7N3O3/c6-5(11)7-2-1-3(9)8-4(2)10/h2H,1H2,(H3,6,7,11)(H,8,9,10). The van der Waals surface area contributed by atoms with Crippen molar-refractivity contribution < 1.29 is 14.4 Å². The van der Waals surface area contributed by atoms with Crippen LogP contribution in [-0.2, 0) is 9.59 Å². The lowest BCUT2D eigenvalue weighted by molar-refractivity contribution is -0.125. The molecule has 0 aromatic carbocycles. The zero-order valence-corrected chi connectivity index (χ0v) is 5.59. The molecule has 1 fully saturated rings. The third kappa shape index (κ3) is 1.66. The third-order valence-corrected chi connectivity index (χ3v) is 1.29. The molecule has 4 N–H and O–H groups in total. The van der Waals surface area contributed by atoms with Gasteiger partial charge in [0.05, 0.1) is 6.42 Å². The molecule has 1 atom stereocenters. The molecular weight excluding hydrogens is 150 g/mol. The molecule has 1 saturated heterocycles. The number of carbonyl (C=O) groups is 3. The van der Waals surface area contributed by atoms with Gasteiger partial charge in [-0.25, -0.2) is 4.79 Å². The molecule has 6 heteroatoms. The molecule has 4 amide bonds. The lowest BCUT2D eigenvalue weighted by Gasteiger charge is -2.04. The summed E-state index contributed by atoms with van der Waals surface area (Å²) >= 11 is 0. The second-order valence-electron chi connectivity index (χ2n) is 2.18. The molecule has 0 spiro atoms. The maximum absolute atomic E-state index is 10.7. The van der Waals surface area contributed by atoms with Crippen molar-refractivity contribution in [3.63, 3.8) is 0 Å². The van der Waals surface area contributed by atoms with Crippen LogP contribution in [0.4, 0.5) is 4.79 Å². The van der Waals surface area contributed by atoms with Crippen molar-refractivity contribution in [1.29, 1.82) is 0 Å². The second kappa shape index (κ2) is 2.57. The van der Waals surface area contributed by atoms with Crippen LogP contribution in [0.25, 0.3) is 0 Å². The molecule has 6 nitrogen and oxygen atoms in total. The fourth-order valence-corrected chi connectivity index (χ4v) is 0.842. The largest absolute Gasteiger partial charge is 0.352 e. The molecular formula is C5H7N3O3. The average molecular weight is 157 g/mol. The summed E-state index contributed by atoms with van der Waals surface area (Å²) in [6, 6.07) is -1.60. The molecule has 0 aromatic rings. The fraction of sp³-hybridized carbons (Fsp3) is 0.400. The van der Waals surface area contributed by atoms with Crippen molar-refractivity contribution in [3.8, 4) is 0 Å². The number of hydrogen-bond donors (Lipinski definition) is 3. The molecule has 0 bridgehead atoms. The molecule has 1 unspecified atom stereocenters. The Morgan fingerprint density at radius 1 is 1.64 bits per heavy atom. The monoisotopic (exact) mass is 157 g/mol. The Kier molecular flexibility index (Phi) is 1.75. The number of rotatable bonds is 1. The van der Waals surface area contributed by atoms with Gasteiger partial charge in [-0.1, -0.05) is 0 Å².